The molecule has 1 aliphatic heterocycles. The molecule has 0 amide bonds. The maximum Gasteiger partial charge on any atom is 0.118 e. The molecular weight excluding hydrogens is 228 g/mol. The van der Waals surface area contributed by atoms with Crippen LogP contribution in [0.15, 0.2) is 0 Å². The van der Waals surface area contributed by atoms with E-state index >= 15 is 0 Å². The molecule has 0 spiro atoms. The van der Waals surface area contributed by atoms with Crippen LogP contribution in [0.4, 0.5) is 0 Å². The van der Waals surface area contributed by atoms with Gasteiger partial charge in [-0.3, -0.25) is 0 Å². The Labute approximate surface area is 111 Å². The van der Waals surface area contributed by atoms with Gasteiger partial charge in [0.1, 0.15) is 5.60 Å². The maximum atomic E-state index is 6.23. The summed E-state index contributed by atoms with van der Waals surface area (Å²) in [7, 11) is 0. The molecular formula is C15H28O3. The van der Waals surface area contributed by atoms with Gasteiger partial charge in [-0.1, -0.05) is 6.92 Å². The van der Waals surface area contributed by atoms with Crippen LogP contribution in [-0.2, 0) is 14.2 Å². The Hall–Kier alpha value is -0.120. The largest absolute Gasteiger partial charge is 0.376 e. The molecule has 1 heterocycles. The predicted molar refractivity (Wildman–Crippen MR) is 71.6 cm³/mol. The summed E-state index contributed by atoms with van der Waals surface area (Å²) < 4.78 is 18.3. The van der Waals surface area contributed by atoms with Crippen molar-refractivity contribution in [2.24, 2.45) is 11.8 Å². The van der Waals surface area contributed by atoms with Crippen LogP contribution in [0.5, 0.6) is 0 Å². The monoisotopic (exact) mass is 256 g/mol. The molecule has 0 N–H and O–H groups in total. The Kier molecular flexibility index (Phi) is 4.05. The van der Waals surface area contributed by atoms with Gasteiger partial charge in [0.2, 0.25) is 0 Å². The van der Waals surface area contributed by atoms with Crippen LogP contribution in [0.1, 0.15) is 48.0 Å². The molecule has 3 nitrogen and oxygen atoms in total. The molecule has 1 saturated heterocycles. The normalized spacial score (nSPS) is 43.3. The fraction of sp³-hybridized carbons (Fsp3) is 1.00. The zero-order valence-corrected chi connectivity index (χ0v) is 12.6. The third kappa shape index (κ3) is 2.45. The molecule has 2 bridgehead atoms. The van der Waals surface area contributed by atoms with Crippen molar-refractivity contribution in [3.05, 3.63) is 0 Å². The Morgan fingerprint density at radius 2 is 1.83 bits per heavy atom. The van der Waals surface area contributed by atoms with Gasteiger partial charge >= 0.3 is 0 Å². The first-order chi connectivity index (χ1) is 8.35. The van der Waals surface area contributed by atoms with Crippen LogP contribution in [0.2, 0.25) is 0 Å². The topological polar surface area (TPSA) is 27.7 Å². The summed E-state index contributed by atoms with van der Waals surface area (Å²) in [6, 6.07) is 0. The van der Waals surface area contributed by atoms with E-state index in [0.29, 0.717) is 18.4 Å². The number of ether oxygens (including phenoxy) is 3. The molecule has 0 aromatic heterocycles. The predicted octanol–water partition coefficient (Wildman–Crippen LogP) is 3.02. The van der Waals surface area contributed by atoms with Crippen molar-refractivity contribution >= 4 is 0 Å². The molecule has 0 radical (unpaired) electrons. The summed E-state index contributed by atoms with van der Waals surface area (Å²) in [5.41, 5.74) is -0.210. The zero-order valence-electron chi connectivity index (χ0n) is 12.6. The number of fused-ring (bicyclic) bond motifs is 2. The standard InChI is InChI=1S/C15H28O3/c1-9(2)16-8-15-7-11(5)13(12(6)18-15)14(15)17-10(3)4/h9-14H,7-8H2,1-6H3/t11?,12-,13+,14-,15+/m0/s1. The van der Waals surface area contributed by atoms with Crippen molar-refractivity contribution in [2.75, 3.05) is 6.61 Å². The molecule has 106 valence electrons. The van der Waals surface area contributed by atoms with Crippen LogP contribution in [0.3, 0.4) is 0 Å². The minimum absolute atomic E-state index is 0.196. The first kappa shape index (κ1) is 14.3. The first-order valence-electron chi connectivity index (χ1n) is 7.30. The van der Waals surface area contributed by atoms with Gasteiger partial charge in [-0.25, -0.2) is 0 Å². The lowest BCUT2D eigenvalue weighted by Gasteiger charge is -2.34. The lowest BCUT2D eigenvalue weighted by atomic mass is 9.92. The molecule has 3 heteroatoms. The molecule has 2 aliphatic rings. The minimum Gasteiger partial charge on any atom is -0.376 e. The SMILES string of the molecule is CC(C)OC[C@@]12CC(C)[C@H]([C@H](C)O1)[C@@H]2OC(C)C. The molecule has 5 atom stereocenters. The molecule has 2 fully saturated rings. The number of hydrogen-bond acceptors (Lipinski definition) is 3. The van der Waals surface area contributed by atoms with Gasteiger partial charge in [-0.15, -0.1) is 0 Å². The second-order valence-electron chi connectivity index (χ2n) is 6.61. The van der Waals surface area contributed by atoms with Crippen LogP contribution < -0.4 is 0 Å². The summed E-state index contributed by atoms with van der Waals surface area (Å²) in [6.45, 7) is 13.5. The molecule has 0 aromatic rings. The van der Waals surface area contributed by atoms with Crippen molar-refractivity contribution < 1.29 is 14.2 Å². The van der Waals surface area contributed by atoms with Gasteiger partial charge in [-0.05, 0) is 47.0 Å². The van der Waals surface area contributed by atoms with Crippen LogP contribution in [0, 0.1) is 11.8 Å². The van der Waals surface area contributed by atoms with Crippen LogP contribution >= 0.6 is 0 Å². The second-order valence-corrected chi connectivity index (χ2v) is 6.61. The number of hydrogen-bond donors (Lipinski definition) is 0. The highest BCUT2D eigenvalue weighted by Gasteiger charge is 2.62. The Morgan fingerprint density at radius 1 is 1.17 bits per heavy atom. The third-order valence-corrected chi connectivity index (χ3v) is 4.24. The molecule has 1 unspecified atom stereocenters. The van der Waals surface area contributed by atoms with Crippen LogP contribution in [0.25, 0.3) is 0 Å². The molecule has 1 saturated carbocycles. The summed E-state index contributed by atoms with van der Waals surface area (Å²) in [5, 5.41) is 0. The summed E-state index contributed by atoms with van der Waals surface area (Å²) in [6.07, 6.45) is 2.03. The highest BCUT2D eigenvalue weighted by atomic mass is 16.6. The van der Waals surface area contributed by atoms with Crippen molar-refractivity contribution in [3.63, 3.8) is 0 Å². The highest BCUT2D eigenvalue weighted by Crippen LogP contribution is 2.53. The molecule has 1 aliphatic carbocycles. The van der Waals surface area contributed by atoms with Crippen molar-refractivity contribution in [1.82, 2.24) is 0 Å². The van der Waals surface area contributed by atoms with Gasteiger partial charge in [0.25, 0.3) is 0 Å². The van der Waals surface area contributed by atoms with E-state index in [1.807, 2.05) is 0 Å². The van der Waals surface area contributed by atoms with E-state index in [9.17, 15) is 0 Å². The van der Waals surface area contributed by atoms with E-state index in [1.165, 1.54) is 0 Å². The van der Waals surface area contributed by atoms with E-state index in [-0.39, 0.29) is 30.0 Å². The molecule has 2 rings (SSSR count). The minimum atomic E-state index is -0.210. The van der Waals surface area contributed by atoms with Crippen molar-refractivity contribution in [3.8, 4) is 0 Å². The first-order valence-corrected chi connectivity index (χ1v) is 7.30. The summed E-state index contributed by atoms with van der Waals surface area (Å²) in [5.74, 6) is 1.18. The van der Waals surface area contributed by atoms with Gasteiger partial charge < -0.3 is 14.2 Å². The average molecular weight is 256 g/mol. The fourth-order valence-corrected chi connectivity index (χ4v) is 3.71. The quantitative estimate of drug-likeness (QED) is 0.757. The van der Waals surface area contributed by atoms with Gasteiger partial charge in [0, 0.05) is 5.92 Å². The van der Waals surface area contributed by atoms with Gasteiger partial charge in [0.15, 0.2) is 0 Å². The lowest BCUT2D eigenvalue weighted by molar-refractivity contribution is -0.155. The Bertz CT molecular complexity index is 275. The van der Waals surface area contributed by atoms with E-state index in [0.717, 1.165) is 6.42 Å². The average Bonchev–Trinajstić information content (AvgIpc) is 2.62. The number of rotatable bonds is 5. The Balaban J connectivity index is 2.14. The highest BCUT2D eigenvalue weighted by molar-refractivity contribution is 5.10. The molecule has 0 aromatic carbocycles. The van der Waals surface area contributed by atoms with E-state index < -0.39 is 0 Å². The van der Waals surface area contributed by atoms with Crippen molar-refractivity contribution in [2.45, 2.75) is 78.0 Å². The van der Waals surface area contributed by atoms with E-state index in [1.54, 1.807) is 0 Å². The third-order valence-electron chi connectivity index (χ3n) is 4.24. The maximum absolute atomic E-state index is 6.23. The lowest BCUT2D eigenvalue weighted by Crippen LogP contribution is -2.44. The molecule has 18 heavy (non-hydrogen) atoms. The summed E-state index contributed by atoms with van der Waals surface area (Å²) in [4.78, 5) is 0. The van der Waals surface area contributed by atoms with Gasteiger partial charge in [-0.2, -0.15) is 0 Å². The second kappa shape index (κ2) is 5.10. The van der Waals surface area contributed by atoms with E-state index in [4.69, 9.17) is 14.2 Å². The van der Waals surface area contributed by atoms with Gasteiger partial charge in [0.05, 0.1) is 31.0 Å². The van der Waals surface area contributed by atoms with Crippen LogP contribution in [-0.4, -0.2) is 36.6 Å². The fourth-order valence-electron chi connectivity index (χ4n) is 3.71. The smallest absolute Gasteiger partial charge is 0.118 e. The van der Waals surface area contributed by atoms with Crippen molar-refractivity contribution in [1.29, 1.82) is 0 Å². The zero-order chi connectivity index (χ0) is 13.5. The summed E-state index contributed by atoms with van der Waals surface area (Å²) >= 11 is 0. The Morgan fingerprint density at radius 3 is 2.33 bits per heavy atom. The van der Waals surface area contributed by atoms with E-state index in [2.05, 4.69) is 41.5 Å².